The van der Waals surface area contributed by atoms with Crippen LogP contribution in [-0.2, 0) is 14.8 Å². The molecule has 1 amide bonds. The highest BCUT2D eigenvalue weighted by Crippen LogP contribution is 2.32. The van der Waals surface area contributed by atoms with E-state index in [9.17, 15) is 13.2 Å². The van der Waals surface area contributed by atoms with Crippen molar-refractivity contribution < 1.29 is 13.2 Å². The van der Waals surface area contributed by atoms with Crippen molar-refractivity contribution in [1.82, 2.24) is 14.1 Å². The molecule has 0 N–H and O–H groups in total. The Morgan fingerprint density at radius 2 is 1.74 bits per heavy atom. The zero-order valence-corrected chi connectivity index (χ0v) is 17.6. The predicted octanol–water partition coefficient (Wildman–Crippen LogP) is 2.29. The van der Waals surface area contributed by atoms with Crippen LogP contribution in [0.25, 0.3) is 0 Å². The molecule has 2 atom stereocenters. The highest BCUT2D eigenvalue weighted by Gasteiger charge is 2.47. The summed E-state index contributed by atoms with van der Waals surface area (Å²) in [6, 6.07) is 6.80. The zero-order valence-electron chi connectivity index (χ0n) is 16.8. The molecule has 7 heteroatoms. The van der Waals surface area contributed by atoms with Gasteiger partial charge in [-0.15, -0.1) is 0 Å². The number of hydrogen-bond donors (Lipinski definition) is 0. The van der Waals surface area contributed by atoms with Crippen molar-refractivity contribution in [2.75, 3.05) is 26.2 Å². The topological polar surface area (TPSA) is 60.9 Å². The van der Waals surface area contributed by atoms with Crippen molar-refractivity contribution in [1.29, 1.82) is 0 Å². The van der Waals surface area contributed by atoms with E-state index in [1.807, 2.05) is 39.8 Å². The van der Waals surface area contributed by atoms with E-state index in [0.29, 0.717) is 18.0 Å². The summed E-state index contributed by atoms with van der Waals surface area (Å²) >= 11 is 0. The maximum absolute atomic E-state index is 13.3. The highest BCUT2D eigenvalue weighted by molar-refractivity contribution is 7.89. The van der Waals surface area contributed by atoms with Crippen LogP contribution in [0.4, 0.5) is 0 Å². The van der Waals surface area contributed by atoms with Gasteiger partial charge in [0.1, 0.15) is 6.17 Å². The van der Waals surface area contributed by atoms with Gasteiger partial charge in [-0.05, 0) is 57.8 Å². The molecule has 6 nitrogen and oxygen atoms in total. The summed E-state index contributed by atoms with van der Waals surface area (Å²) in [6.07, 6.45) is 1.82. The van der Waals surface area contributed by atoms with Crippen molar-refractivity contribution in [2.24, 2.45) is 5.92 Å². The average molecular weight is 394 g/mol. The minimum Gasteiger partial charge on any atom is -0.321 e. The van der Waals surface area contributed by atoms with Crippen molar-refractivity contribution in [3.8, 4) is 0 Å². The first kappa shape index (κ1) is 20.3. The fraction of sp³-hybridized carbons (Fsp3) is 0.650. The molecule has 0 bridgehead atoms. The van der Waals surface area contributed by atoms with Gasteiger partial charge in [0, 0.05) is 12.6 Å². The van der Waals surface area contributed by atoms with Gasteiger partial charge in [-0.2, -0.15) is 4.31 Å². The Labute approximate surface area is 163 Å². The molecule has 0 spiro atoms. The van der Waals surface area contributed by atoms with Gasteiger partial charge >= 0.3 is 0 Å². The van der Waals surface area contributed by atoms with Gasteiger partial charge in [0.15, 0.2) is 0 Å². The first-order chi connectivity index (χ1) is 12.7. The van der Waals surface area contributed by atoms with Crippen LogP contribution >= 0.6 is 0 Å². The molecule has 2 fully saturated rings. The van der Waals surface area contributed by atoms with Crippen molar-refractivity contribution in [2.45, 2.75) is 57.6 Å². The molecule has 2 saturated heterocycles. The second kappa shape index (κ2) is 7.89. The molecule has 1 aromatic carbocycles. The number of aryl methyl sites for hydroxylation is 1. The van der Waals surface area contributed by atoms with Gasteiger partial charge in [0.05, 0.1) is 11.4 Å². The molecule has 2 aliphatic rings. The predicted molar refractivity (Wildman–Crippen MR) is 106 cm³/mol. The van der Waals surface area contributed by atoms with E-state index in [2.05, 4.69) is 4.90 Å². The molecule has 3 rings (SSSR count). The number of rotatable bonds is 5. The first-order valence-electron chi connectivity index (χ1n) is 9.84. The quantitative estimate of drug-likeness (QED) is 0.770. The molecule has 0 saturated carbocycles. The SMILES string of the molecule is Cc1ccc(S(=O)(=O)N2C[C@@H](C)N(C(=O)CN3CCCC3)[C@@H]2C(C)C)cc1. The molecule has 150 valence electrons. The van der Waals surface area contributed by atoms with Crippen LogP contribution in [-0.4, -0.2) is 66.8 Å². The smallest absolute Gasteiger partial charge is 0.244 e. The van der Waals surface area contributed by atoms with Crippen LogP contribution in [0.1, 0.15) is 39.2 Å². The van der Waals surface area contributed by atoms with Crippen LogP contribution in [0.3, 0.4) is 0 Å². The Balaban J connectivity index is 1.87. The number of carbonyl (C=O) groups is 1. The number of sulfonamides is 1. The van der Waals surface area contributed by atoms with Crippen LogP contribution in [0.5, 0.6) is 0 Å². The first-order valence-corrected chi connectivity index (χ1v) is 11.3. The number of carbonyl (C=O) groups excluding carboxylic acids is 1. The van der Waals surface area contributed by atoms with E-state index < -0.39 is 16.2 Å². The standard InChI is InChI=1S/C20H31N3O3S/c1-15(2)20-22(27(25,26)18-9-7-16(3)8-10-18)13-17(4)23(20)19(24)14-21-11-5-6-12-21/h7-10,15,17,20H,5-6,11-14H2,1-4H3/t17-,20-/m1/s1. The Bertz CT molecular complexity index is 770. The Hall–Kier alpha value is -1.44. The van der Waals surface area contributed by atoms with Crippen LogP contribution in [0, 0.1) is 12.8 Å². The zero-order chi connectivity index (χ0) is 19.8. The summed E-state index contributed by atoms with van der Waals surface area (Å²) in [5.41, 5.74) is 1.02. The minimum atomic E-state index is -3.65. The average Bonchev–Trinajstić information content (AvgIpc) is 3.22. The molecule has 1 aromatic rings. The largest absolute Gasteiger partial charge is 0.321 e. The molecule has 0 aromatic heterocycles. The lowest BCUT2D eigenvalue weighted by atomic mass is 10.1. The molecular formula is C20H31N3O3S. The Morgan fingerprint density at radius 3 is 2.30 bits per heavy atom. The van der Waals surface area contributed by atoms with Crippen molar-refractivity contribution in [3.05, 3.63) is 29.8 Å². The second-order valence-corrected chi connectivity index (χ2v) is 10.1. The van der Waals surface area contributed by atoms with Gasteiger partial charge < -0.3 is 4.90 Å². The van der Waals surface area contributed by atoms with Gasteiger partial charge in [0.25, 0.3) is 0 Å². The molecule has 27 heavy (non-hydrogen) atoms. The highest BCUT2D eigenvalue weighted by atomic mass is 32.2. The van der Waals surface area contributed by atoms with Crippen LogP contribution < -0.4 is 0 Å². The number of benzene rings is 1. The van der Waals surface area contributed by atoms with E-state index in [1.54, 1.807) is 17.0 Å². The van der Waals surface area contributed by atoms with Crippen molar-refractivity contribution >= 4 is 15.9 Å². The number of hydrogen-bond acceptors (Lipinski definition) is 4. The summed E-state index contributed by atoms with van der Waals surface area (Å²) in [5, 5.41) is 0. The minimum absolute atomic E-state index is 0.0118. The van der Waals surface area contributed by atoms with Crippen molar-refractivity contribution in [3.63, 3.8) is 0 Å². The molecule has 0 aliphatic carbocycles. The summed E-state index contributed by atoms with van der Waals surface area (Å²) in [7, 11) is -3.65. The third-order valence-corrected chi connectivity index (χ3v) is 7.42. The van der Waals surface area contributed by atoms with E-state index in [4.69, 9.17) is 0 Å². The van der Waals surface area contributed by atoms with Crippen LogP contribution in [0.2, 0.25) is 0 Å². The number of nitrogens with zero attached hydrogens (tertiary/aromatic N) is 3. The molecule has 2 aliphatic heterocycles. The molecule has 0 radical (unpaired) electrons. The maximum atomic E-state index is 13.3. The van der Waals surface area contributed by atoms with Gasteiger partial charge in [-0.1, -0.05) is 31.5 Å². The summed E-state index contributed by atoms with van der Waals surface area (Å²) in [6.45, 7) is 10.5. The summed E-state index contributed by atoms with van der Waals surface area (Å²) in [4.78, 5) is 17.3. The van der Waals surface area contributed by atoms with Crippen LogP contribution in [0.15, 0.2) is 29.2 Å². The monoisotopic (exact) mass is 393 g/mol. The normalized spacial score (nSPS) is 24.9. The second-order valence-electron chi connectivity index (χ2n) is 8.18. The van der Waals surface area contributed by atoms with Gasteiger partial charge in [-0.3, -0.25) is 9.69 Å². The molecular weight excluding hydrogens is 362 g/mol. The van der Waals surface area contributed by atoms with E-state index in [0.717, 1.165) is 31.5 Å². The van der Waals surface area contributed by atoms with Gasteiger partial charge in [0.2, 0.25) is 15.9 Å². The lowest BCUT2D eigenvalue weighted by molar-refractivity contribution is -0.136. The fourth-order valence-electron chi connectivity index (χ4n) is 4.20. The fourth-order valence-corrected chi connectivity index (χ4v) is 5.99. The third kappa shape index (κ3) is 4.05. The Kier molecular flexibility index (Phi) is 5.93. The maximum Gasteiger partial charge on any atom is 0.244 e. The lowest BCUT2D eigenvalue weighted by Gasteiger charge is -2.34. The summed E-state index contributed by atoms with van der Waals surface area (Å²) < 4.78 is 28.1. The summed E-state index contributed by atoms with van der Waals surface area (Å²) in [5.74, 6) is 0.0439. The molecule has 2 heterocycles. The third-order valence-electron chi connectivity index (χ3n) is 5.57. The van der Waals surface area contributed by atoms with E-state index in [-0.39, 0.29) is 17.9 Å². The van der Waals surface area contributed by atoms with Gasteiger partial charge in [-0.25, -0.2) is 8.42 Å². The number of amides is 1. The molecule has 0 unspecified atom stereocenters. The lowest BCUT2D eigenvalue weighted by Crippen LogP contribution is -2.51. The van der Waals surface area contributed by atoms with E-state index >= 15 is 0 Å². The number of likely N-dealkylation sites (tertiary alicyclic amines) is 1. The Morgan fingerprint density at radius 1 is 1.15 bits per heavy atom. The van der Waals surface area contributed by atoms with E-state index in [1.165, 1.54) is 4.31 Å².